The van der Waals surface area contributed by atoms with Crippen LogP contribution in [0.2, 0.25) is 5.02 Å². The molecule has 0 heterocycles. The molecule has 3 N–H and O–H groups in total. The molecule has 19 heavy (non-hydrogen) atoms. The Balaban J connectivity index is 2.56. The molecule has 1 unspecified atom stereocenters. The molecule has 1 aromatic rings. The molecule has 0 spiro atoms. The van der Waals surface area contributed by atoms with Gasteiger partial charge in [0.2, 0.25) is 10.0 Å². The van der Waals surface area contributed by atoms with E-state index in [0.717, 1.165) is 12.1 Å². The highest BCUT2D eigenvalue weighted by Crippen LogP contribution is 2.18. The Morgan fingerprint density at radius 3 is 2.68 bits per heavy atom. The smallest absolute Gasteiger partial charge is 0.243 e. The van der Waals surface area contributed by atoms with Crippen molar-refractivity contribution in [2.24, 2.45) is 0 Å². The van der Waals surface area contributed by atoms with Crippen LogP contribution in [0.15, 0.2) is 23.1 Å². The monoisotopic (exact) mass is 310 g/mol. The van der Waals surface area contributed by atoms with Crippen molar-refractivity contribution >= 4 is 21.6 Å². The number of rotatable bonds is 7. The summed E-state index contributed by atoms with van der Waals surface area (Å²) >= 11 is 5.55. The quantitative estimate of drug-likeness (QED) is 0.649. The van der Waals surface area contributed by atoms with E-state index in [1.54, 1.807) is 6.92 Å². The summed E-state index contributed by atoms with van der Waals surface area (Å²) in [5, 5.41) is 12.0. The predicted octanol–water partition coefficient (Wildman–Crippen LogP) is 0.728. The number of hydrogen-bond donors (Lipinski definition) is 3. The summed E-state index contributed by atoms with van der Waals surface area (Å²) in [7, 11) is -3.89. The zero-order valence-corrected chi connectivity index (χ0v) is 11.9. The van der Waals surface area contributed by atoms with Crippen LogP contribution < -0.4 is 10.0 Å². The highest BCUT2D eigenvalue weighted by molar-refractivity contribution is 7.89. The van der Waals surface area contributed by atoms with Gasteiger partial charge < -0.3 is 10.4 Å². The first kappa shape index (κ1) is 16.3. The summed E-state index contributed by atoms with van der Waals surface area (Å²) in [6.45, 7) is 2.40. The predicted molar refractivity (Wildman–Crippen MR) is 71.1 cm³/mol. The van der Waals surface area contributed by atoms with E-state index in [0.29, 0.717) is 13.1 Å². The Bertz CT molecular complexity index is 523. The van der Waals surface area contributed by atoms with Crippen LogP contribution in [0.5, 0.6) is 0 Å². The molecule has 1 aromatic carbocycles. The van der Waals surface area contributed by atoms with E-state index in [4.69, 9.17) is 16.7 Å². The van der Waals surface area contributed by atoms with E-state index in [2.05, 4.69) is 10.0 Å². The van der Waals surface area contributed by atoms with Gasteiger partial charge >= 0.3 is 0 Å². The molecule has 0 aliphatic rings. The van der Waals surface area contributed by atoms with Crippen molar-refractivity contribution < 1.29 is 17.9 Å². The third-order valence-electron chi connectivity index (χ3n) is 2.22. The van der Waals surface area contributed by atoms with Crippen molar-refractivity contribution in [2.45, 2.75) is 17.9 Å². The Morgan fingerprint density at radius 1 is 1.42 bits per heavy atom. The normalized spacial score (nSPS) is 13.5. The van der Waals surface area contributed by atoms with Gasteiger partial charge in [0.25, 0.3) is 0 Å². The van der Waals surface area contributed by atoms with Gasteiger partial charge in [-0.1, -0.05) is 11.6 Å². The molecule has 0 bridgehead atoms. The number of aliphatic hydroxyl groups excluding tert-OH is 1. The minimum Gasteiger partial charge on any atom is -0.392 e. The molecule has 0 aliphatic carbocycles. The molecular formula is C11H16ClFN2O3S. The minimum atomic E-state index is -3.89. The molecule has 0 saturated carbocycles. The van der Waals surface area contributed by atoms with Crippen LogP contribution in [0.25, 0.3) is 0 Å². The van der Waals surface area contributed by atoms with Crippen LogP contribution >= 0.6 is 11.6 Å². The van der Waals surface area contributed by atoms with Gasteiger partial charge in [-0.25, -0.2) is 17.5 Å². The lowest BCUT2D eigenvalue weighted by molar-refractivity contribution is 0.192. The molecule has 0 fully saturated rings. The summed E-state index contributed by atoms with van der Waals surface area (Å²) in [5.74, 6) is -0.892. The molecule has 0 amide bonds. The van der Waals surface area contributed by atoms with Crippen LogP contribution in [0, 0.1) is 5.82 Å². The van der Waals surface area contributed by atoms with E-state index in [1.165, 1.54) is 6.07 Å². The molecule has 1 atom stereocenters. The summed E-state index contributed by atoms with van der Waals surface area (Å²) in [4.78, 5) is -0.438. The number of hydrogen-bond acceptors (Lipinski definition) is 4. The highest BCUT2D eigenvalue weighted by Gasteiger charge is 2.18. The van der Waals surface area contributed by atoms with Gasteiger partial charge in [-0.05, 0) is 25.1 Å². The van der Waals surface area contributed by atoms with E-state index in [-0.39, 0.29) is 11.6 Å². The fraction of sp³-hybridized carbons (Fsp3) is 0.455. The van der Waals surface area contributed by atoms with Crippen molar-refractivity contribution in [3.05, 3.63) is 29.0 Å². The molecule has 5 nitrogen and oxygen atoms in total. The number of nitrogens with one attached hydrogen (secondary N) is 2. The molecule has 1 rings (SSSR count). The summed E-state index contributed by atoms with van der Waals surface area (Å²) in [5.41, 5.74) is 0. The minimum absolute atomic E-state index is 0.0944. The topological polar surface area (TPSA) is 78.4 Å². The summed E-state index contributed by atoms with van der Waals surface area (Å²) < 4.78 is 39.3. The average Bonchev–Trinajstić information content (AvgIpc) is 2.27. The van der Waals surface area contributed by atoms with Gasteiger partial charge in [-0.2, -0.15) is 0 Å². The van der Waals surface area contributed by atoms with Crippen LogP contribution in [-0.4, -0.2) is 39.3 Å². The fourth-order valence-electron chi connectivity index (χ4n) is 1.36. The van der Waals surface area contributed by atoms with Crippen molar-refractivity contribution in [2.75, 3.05) is 19.6 Å². The lowest BCUT2D eigenvalue weighted by atomic mass is 10.3. The molecular weight excluding hydrogens is 295 g/mol. The zero-order chi connectivity index (χ0) is 14.5. The van der Waals surface area contributed by atoms with Gasteiger partial charge in [-0.15, -0.1) is 0 Å². The Hall–Kier alpha value is -0.730. The first-order chi connectivity index (χ1) is 8.83. The Morgan fingerprint density at radius 2 is 2.11 bits per heavy atom. The second-order valence-electron chi connectivity index (χ2n) is 4.03. The second kappa shape index (κ2) is 7.16. The van der Waals surface area contributed by atoms with Crippen LogP contribution in [-0.2, 0) is 10.0 Å². The number of halogens is 2. The Labute approximate surface area is 116 Å². The van der Waals surface area contributed by atoms with Crippen molar-refractivity contribution in [1.82, 2.24) is 10.0 Å². The van der Waals surface area contributed by atoms with E-state index in [1.807, 2.05) is 0 Å². The molecule has 0 aromatic heterocycles. The van der Waals surface area contributed by atoms with Crippen molar-refractivity contribution in [3.63, 3.8) is 0 Å². The number of sulfonamides is 1. The third kappa shape index (κ3) is 5.42. The fourth-order valence-corrected chi connectivity index (χ4v) is 2.60. The largest absolute Gasteiger partial charge is 0.392 e. The van der Waals surface area contributed by atoms with Gasteiger partial charge in [0.05, 0.1) is 6.10 Å². The molecule has 0 saturated heterocycles. The maximum atomic E-state index is 13.5. The molecule has 108 valence electrons. The van der Waals surface area contributed by atoms with Crippen molar-refractivity contribution in [3.8, 4) is 0 Å². The van der Waals surface area contributed by atoms with E-state index >= 15 is 0 Å². The SMILES string of the molecule is CC(O)CNCCNS(=O)(=O)c1ccc(Cl)cc1F. The highest BCUT2D eigenvalue weighted by atomic mass is 35.5. The maximum absolute atomic E-state index is 13.5. The summed E-state index contributed by atoms with van der Waals surface area (Å²) in [6.07, 6.45) is -0.509. The molecule has 8 heteroatoms. The Kier molecular flexibility index (Phi) is 6.15. The maximum Gasteiger partial charge on any atom is 0.243 e. The lowest BCUT2D eigenvalue weighted by Gasteiger charge is -2.09. The van der Waals surface area contributed by atoms with E-state index in [9.17, 15) is 12.8 Å². The standard InChI is InChI=1S/C11H16ClFN2O3S/c1-8(16)7-14-4-5-15-19(17,18)11-3-2-9(12)6-10(11)13/h2-3,6,8,14-16H,4-5,7H2,1H3. The third-order valence-corrected chi connectivity index (χ3v) is 3.95. The van der Waals surface area contributed by atoms with Gasteiger partial charge in [-0.3, -0.25) is 0 Å². The van der Waals surface area contributed by atoms with Gasteiger partial charge in [0.15, 0.2) is 0 Å². The van der Waals surface area contributed by atoms with Gasteiger partial charge in [0, 0.05) is 24.7 Å². The summed E-state index contributed by atoms with van der Waals surface area (Å²) in [6, 6.07) is 3.37. The van der Waals surface area contributed by atoms with Crippen LogP contribution in [0.4, 0.5) is 4.39 Å². The number of aliphatic hydroxyl groups is 1. The van der Waals surface area contributed by atoms with Crippen molar-refractivity contribution in [1.29, 1.82) is 0 Å². The second-order valence-corrected chi connectivity index (χ2v) is 6.20. The first-order valence-electron chi connectivity index (χ1n) is 5.66. The molecule has 0 radical (unpaired) electrons. The molecule has 0 aliphatic heterocycles. The lowest BCUT2D eigenvalue weighted by Crippen LogP contribution is -2.34. The van der Waals surface area contributed by atoms with E-state index < -0.39 is 26.8 Å². The van der Waals surface area contributed by atoms with Crippen LogP contribution in [0.3, 0.4) is 0 Å². The van der Waals surface area contributed by atoms with Crippen LogP contribution in [0.1, 0.15) is 6.92 Å². The number of benzene rings is 1. The first-order valence-corrected chi connectivity index (χ1v) is 7.52. The average molecular weight is 311 g/mol. The van der Waals surface area contributed by atoms with Gasteiger partial charge in [0.1, 0.15) is 10.7 Å². The zero-order valence-electron chi connectivity index (χ0n) is 10.4.